The van der Waals surface area contributed by atoms with Gasteiger partial charge in [-0.05, 0) is 24.3 Å². The Morgan fingerprint density at radius 2 is 1.93 bits per heavy atom. The maximum Gasteiger partial charge on any atom is 0.241 e. The van der Waals surface area contributed by atoms with E-state index in [0.29, 0.717) is 6.54 Å². The van der Waals surface area contributed by atoms with Gasteiger partial charge in [-0.15, -0.1) is 0 Å². The molecule has 76 valence electrons. The molecule has 0 unspecified atom stereocenters. The summed E-state index contributed by atoms with van der Waals surface area (Å²) in [5, 5.41) is 3.04. The van der Waals surface area contributed by atoms with E-state index in [1.807, 2.05) is 24.3 Å². The molecule has 0 aliphatic rings. The van der Waals surface area contributed by atoms with Crippen molar-refractivity contribution in [2.75, 3.05) is 26.0 Å². The van der Waals surface area contributed by atoms with Crippen LogP contribution in [0.15, 0.2) is 28.7 Å². The zero-order chi connectivity index (χ0) is 10.6. The van der Waals surface area contributed by atoms with Crippen LogP contribution in [0.5, 0.6) is 0 Å². The molecule has 4 heteroatoms. The molecule has 3 nitrogen and oxygen atoms in total. The van der Waals surface area contributed by atoms with Gasteiger partial charge in [0.2, 0.25) is 5.91 Å². The fraction of sp³-hybridized carbons (Fsp3) is 0.300. The summed E-state index contributed by atoms with van der Waals surface area (Å²) >= 11 is 3.35. The van der Waals surface area contributed by atoms with Gasteiger partial charge in [-0.1, -0.05) is 15.9 Å². The number of hydrogen-bond donors (Lipinski definition) is 1. The fourth-order valence-corrected chi connectivity index (χ4v) is 1.17. The van der Waals surface area contributed by atoms with Crippen LogP contribution in [0.2, 0.25) is 0 Å². The lowest BCUT2D eigenvalue weighted by Crippen LogP contribution is -2.28. The van der Waals surface area contributed by atoms with E-state index in [9.17, 15) is 4.79 Å². The molecular weight excluding hydrogens is 244 g/mol. The number of anilines is 1. The third kappa shape index (κ3) is 3.38. The van der Waals surface area contributed by atoms with Crippen molar-refractivity contribution in [2.45, 2.75) is 0 Å². The van der Waals surface area contributed by atoms with Crippen LogP contribution in [0.4, 0.5) is 5.69 Å². The van der Waals surface area contributed by atoms with Gasteiger partial charge in [0.25, 0.3) is 0 Å². The first-order valence-corrected chi connectivity index (χ1v) is 5.08. The average Bonchev–Trinajstić information content (AvgIpc) is 2.16. The van der Waals surface area contributed by atoms with Crippen LogP contribution < -0.4 is 5.32 Å². The molecule has 0 radical (unpaired) electrons. The Kier molecular flexibility index (Phi) is 3.95. The molecule has 0 aromatic heterocycles. The summed E-state index contributed by atoms with van der Waals surface area (Å²) in [4.78, 5) is 12.8. The maximum absolute atomic E-state index is 11.2. The summed E-state index contributed by atoms with van der Waals surface area (Å²) in [5.74, 6) is 0.0629. The Morgan fingerprint density at radius 3 is 2.43 bits per heavy atom. The Labute approximate surface area is 92.2 Å². The Bertz CT molecular complexity index is 308. The van der Waals surface area contributed by atoms with Gasteiger partial charge in [0, 0.05) is 24.3 Å². The molecule has 1 amide bonds. The minimum Gasteiger partial charge on any atom is -0.376 e. The molecule has 0 atom stereocenters. The van der Waals surface area contributed by atoms with Crippen LogP contribution in [0.3, 0.4) is 0 Å². The molecular formula is C10H13BrN2O. The third-order valence-electron chi connectivity index (χ3n) is 1.79. The summed E-state index contributed by atoms with van der Waals surface area (Å²) in [7, 11) is 3.48. The number of carbonyl (C=O) groups is 1. The number of hydrogen-bond acceptors (Lipinski definition) is 2. The van der Waals surface area contributed by atoms with Crippen molar-refractivity contribution in [3.05, 3.63) is 28.7 Å². The molecule has 0 aliphatic carbocycles. The Morgan fingerprint density at radius 1 is 1.36 bits per heavy atom. The van der Waals surface area contributed by atoms with Crippen LogP contribution in [0.1, 0.15) is 0 Å². The largest absolute Gasteiger partial charge is 0.376 e. The smallest absolute Gasteiger partial charge is 0.241 e. The first-order valence-electron chi connectivity index (χ1n) is 4.29. The fourth-order valence-electron chi connectivity index (χ4n) is 0.904. The molecule has 0 saturated heterocycles. The van der Waals surface area contributed by atoms with Crippen LogP contribution in [-0.4, -0.2) is 31.4 Å². The van der Waals surface area contributed by atoms with E-state index in [4.69, 9.17) is 0 Å². The van der Waals surface area contributed by atoms with E-state index in [0.717, 1.165) is 10.2 Å². The standard InChI is InChI=1S/C10H13BrN2O/c1-13(2)10(14)7-12-9-5-3-8(11)4-6-9/h3-6,12H,7H2,1-2H3. The Hall–Kier alpha value is -1.03. The number of nitrogens with zero attached hydrogens (tertiary/aromatic N) is 1. The predicted octanol–water partition coefficient (Wildman–Crippen LogP) is 1.95. The van der Waals surface area contributed by atoms with Gasteiger partial charge in [0.1, 0.15) is 0 Å². The van der Waals surface area contributed by atoms with Crippen molar-refractivity contribution in [2.24, 2.45) is 0 Å². The lowest BCUT2D eigenvalue weighted by molar-refractivity contribution is -0.126. The van der Waals surface area contributed by atoms with E-state index in [1.165, 1.54) is 0 Å². The van der Waals surface area contributed by atoms with Crippen molar-refractivity contribution in [1.29, 1.82) is 0 Å². The minimum absolute atomic E-state index is 0.0629. The number of rotatable bonds is 3. The van der Waals surface area contributed by atoms with Crippen molar-refractivity contribution in [3.8, 4) is 0 Å². The van der Waals surface area contributed by atoms with E-state index in [2.05, 4.69) is 21.2 Å². The summed E-state index contributed by atoms with van der Waals surface area (Å²) in [6.45, 7) is 0.328. The molecule has 0 heterocycles. The minimum atomic E-state index is 0.0629. The molecule has 0 spiro atoms. The van der Waals surface area contributed by atoms with Crippen molar-refractivity contribution in [1.82, 2.24) is 4.90 Å². The van der Waals surface area contributed by atoms with E-state index in [-0.39, 0.29) is 5.91 Å². The maximum atomic E-state index is 11.2. The number of likely N-dealkylation sites (N-methyl/N-ethyl adjacent to an activating group) is 1. The van der Waals surface area contributed by atoms with Gasteiger partial charge in [0.05, 0.1) is 6.54 Å². The van der Waals surface area contributed by atoms with E-state index < -0.39 is 0 Å². The number of nitrogens with one attached hydrogen (secondary N) is 1. The molecule has 0 fully saturated rings. The van der Waals surface area contributed by atoms with Crippen LogP contribution in [0.25, 0.3) is 0 Å². The molecule has 0 bridgehead atoms. The SMILES string of the molecule is CN(C)C(=O)CNc1ccc(Br)cc1. The second kappa shape index (κ2) is 5.00. The highest BCUT2D eigenvalue weighted by molar-refractivity contribution is 9.10. The summed E-state index contributed by atoms with van der Waals surface area (Å²) in [6.07, 6.45) is 0. The van der Waals surface area contributed by atoms with Crippen molar-refractivity contribution in [3.63, 3.8) is 0 Å². The lowest BCUT2D eigenvalue weighted by Gasteiger charge is -2.11. The second-order valence-corrected chi connectivity index (χ2v) is 4.06. The van der Waals surface area contributed by atoms with Gasteiger partial charge < -0.3 is 10.2 Å². The molecule has 14 heavy (non-hydrogen) atoms. The van der Waals surface area contributed by atoms with Gasteiger partial charge in [-0.25, -0.2) is 0 Å². The number of benzene rings is 1. The second-order valence-electron chi connectivity index (χ2n) is 3.15. The zero-order valence-electron chi connectivity index (χ0n) is 8.25. The highest BCUT2D eigenvalue weighted by atomic mass is 79.9. The monoisotopic (exact) mass is 256 g/mol. The summed E-state index contributed by atoms with van der Waals surface area (Å²) in [6, 6.07) is 7.71. The highest BCUT2D eigenvalue weighted by Crippen LogP contribution is 2.13. The van der Waals surface area contributed by atoms with Crippen molar-refractivity contribution >= 4 is 27.5 Å². The lowest BCUT2D eigenvalue weighted by atomic mass is 10.3. The third-order valence-corrected chi connectivity index (χ3v) is 2.32. The molecule has 1 rings (SSSR count). The highest BCUT2D eigenvalue weighted by Gasteiger charge is 2.02. The first kappa shape index (κ1) is 11.0. The molecule has 0 saturated carbocycles. The molecule has 0 aliphatic heterocycles. The molecule has 1 N–H and O–H groups in total. The van der Waals surface area contributed by atoms with Gasteiger partial charge in [-0.2, -0.15) is 0 Å². The summed E-state index contributed by atoms with van der Waals surface area (Å²) in [5.41, 5.74) is 0.948. The number of carbonyl (C=O) groups excluding carboxylic acids is 1. The van der Waals surface area contributed by atoms with E-state index in [1.54, 1.807) is 19.0 Å². The van der Waals surface area contributed by atoms with Gasteiger partial charge >= 0.3 is 0 Å². The van der Waals surface area contributed by atoms with Crippen LogP contribution in [-0.2, 0) is 4.79 Å². The van der Waals surface area contributed by atoms with Crippen LogP contribution in [0, 0.1) is 0 Å². The quantitative estimate of drug-likeness (QED) is 0.897. The normalized spacial score (nSPS) is 9.64. The van der Waals surface area contributed by atoms with Gasteiger partial charge in [0.15, 0.2) is 0 Å². The molecule has 1 aromatic carbocycles. The van der Waals surface area contributed by atoms with Crippen LogP contribution >= 0.6 is 15.9 Å². The van der Waals surface area contributed by atoms with E-state index >= 15 is 0 Å². The first-order chi connectivity index (χ1) is 6.59. The topological polar surface area (TPSA) is 32.3 Å². The predicted molar refractivity (Wildman–Crippen MR) is 61.3 cm³/mol. The number of halogens is 1. The summed E-state index contributed by atoms with van der Waals surface area (Å²) < 4.78 is 1.03. The molecule has 1 aromatic rings. The average molecular weight is 257 g/mol. The number of amides is 1. The van der Waals surface area contributed by atoms with Crippen molar-refractivity contribution < 1.29 is 4.79 Å². The van der Waals surface area contributed by atoms with Gasteiger partial charge in [-0.3, -0.25) is 4.79 Å². The Balaban J connectivity index is 2.46. The zero-order valence-corrected chi connectivity index (χ0v) is 9.84.